The van der Waals surface area contributed by atoms with Gasteiger partial charge >= 0.3 is 0 Å². The average Bonchev–Trinajstić information content (AvgIpc) is 2.66. The van der Waals surface area contributed by atoms with Crippen LogP contribution < -0.4 is 15.4 Å². The molecule has 0 atom stereocenters. The summed E-state index contributed by atoms with van der Waals surface area (Å²) in [6, 6.07) is 23.1. The van der Waals surface area contributed by atoms with E-state index in [0.717, 1.165) is 5.75 Å². The summed E-state index contributed by atoms with van der Waals surface area (Å²) in [5.74, 6) is 0.516. The van der Waals surface area contributed by atoms with Crippen LogP contribution in [0.3, 0.4) is 0 Å². The van der Waals surface area contributed by atoms with Gasteiger partial charge in [-0.1, -0.05) is 41.9 Å². The number of nitrogens with one attached hydrogen (secondary N) is 2. The van der Waals surface area contributed by atoms with Gasteiger partial charge in [0.25, 0.3) is 0 Å². The number of para-hydroxylation sites is 2. The molecule has 2 N–H and O–H groups in total. The standard InChI is InChI=1S/C21H17ClN2O3/c22-18-8-4-5-9-19(18)24-21(26)14-20(25)23-15-10-12-17(13-11-15)27-16-6-2-1-3-7-16/h1-13H,14H2,(H,23,25)(H,24,26). The van der Waals surface area contributed by atoms with Crippen molar-refractivity contribution in [2.45, 2.75) is 6.42 Å². The molecule has 0 saturated carbocycles. The van der Waals surface area contributed by atoms with E-state index in [1.54, 1.807) is 48.5 Å². The zero-order valence-electron chi connectivity index (χ0n) is 14.3. The Kier molecular flexibility index (Phi) is 6.07. The predicted octanol–water partition coefficient (Wildman–Crippen LogP) is 5.10. The molecule has 0 aliphatic heterocycles. The molecule has 0 fully saturated rings. The lowest BCUT2D eigenvalue weighted by Gasteiger charge is -2.09. The molecule has 5 nitrogen and oxygen atoms in total. The molecule has 0 aromatic heterocycles. The lowest BCUT2D eigenvalue weighted by molar-refractivity contribution is -0.123. The molecular formula is C21H17ClN2O3. The lowest BCUT2D eigenvalue weighted by atomic mass is 10.2. The summed E-state index contributed by atoms with van der Waals surface area (Å²) in [4.78, 5) is 24.0. The molecule has 0 radical (unpaired) electrons. The van der Waals surface area contributed by atoms with Crippen LogP contribution in [0.25, 0.3) is 0 Å². The summed E-state index contributed by atoms with van der Waals surface area (Å²) in [6.07, 6.45) is -0.312. The minimum atomic E-state index is -0.440. The fraction of sp³-hybridized carbons (Fsp3) is 0.0476. The maximum Gasteiger partial charge on any atom is 0.233 e. The minimum absolute atomic E-state index is 0.312. The van der Waals surface area contributed by atoms with E-state index < -0.39 is 11.8 Å². The molecule has 3 rings (SSSR count). The molecule has 0 heterocycles. The van der Waals surface area contributed by atoms with E-state index in [1.807, 2.05) is 30.3 Å². The van der Waals surface area contributed by atoms with E-state index in [-0.39, 0.29) is 6.42 Å². The molecule has 0 unspecified atom stereocenters. The number of ether oxygens (including phenoxy) is 1. The summed E-state index contributed by atoms with van der Waals surface area (Å²) in [6.45, 7) is 0. The Morgan fingerprint density at radius 3 is 2.04 bits per heavy atom. The number of amides is 2. The predicted molar refractivity (Wildman–Crippen MR) is 106 cm³/mol. The van der Waals surface area contributed by atoms with Crippen molar-refractivity contribution in [2.24, 2.45) is 0 Å². The van der Waals surface area contributed by atoms with Crippen LogP contribution in [0.15, 0.2) is 78.9 Å². The van der Waals surface area contributed by atoms with Crippen LogP contribution in [-0.2, 0) is 9.59 Å². The van der Waals surface area contributed by atoms with Crippen molar-refractivity contribution in [2.75, 3.05) is 10.6 Å². The summed E-state index contributed by atoms with van der Waals surface area (Å²) < 4.78 is 5.69. The molecule has 6 heteroatoms. The van der Waals surface area contributed by atoms with Crippen molar-refractivity contribution in [3.8, 4) is 11.5 Å². The third kappa shape index (κ3) is 5.59. The zero-order valence-corrected chi connectivity index (χ0v) is 15.1. The smallest absolute Gasteiger partial charge is 0.233 e. The van der Waals surface area contributed by atoms with Gasteiger partial charge in [-0.2, -0.15) is 0 Å². The molecule has 27 heavy (non-hydrogen) atoms. The van der Waals surface area contributed by atoms with Crippen LogP contribution in [0, 0.1) is 0 Å². The lowest BCUT2D eigenvalue weighted by Crippen LogP contribution is -2.21. The molecule has 2 amide bonds. The number of halogens is 1. The van der Waals surface area contributed by atoms with Gasteiger partial charge in [0.2, 0.25) is 11.8 Å². The van der Waals surface area contributed by atoms with Crippen LogP contribution in [-0.4, -0.2) is 11.8 Å². The third-order valence-electron chi connectivity index (χ3n) is 3.59. The monoisotopic (exact) mass is 380 g/mol. The average molecular weight is 381 g/mol. The Hall–Kier alpha value is -3.31. The van der Waals surface area contributed by atoms with Crippen molar-refractivity contribution in [3.05, 3.63) is 83.9 Å². The number of anilines is 2. The van der Waals surface area contributed by atoms with Crippen LogP contribution in [0.2, 0.25) is 5.02 Å². The first-order valence-electron chi connectivity index (χ1n) is 8.27. The van der Waals surface area contributed by atoms with Crippen molar-refractivity contribution in [1.29, 1.82) is 0 Å². The van der Waals surface area contributed by atoms with E-state index in [0.29, 0.717) is 22.1 Å². The van der Waals surface area contributed by atoms with E-state index in [2.05, 4.69) is 10.6 Å². The highest BCUT2D eigenvalue weighted by Crippen LogP contribution is 2.23. The molecule has 3 aromatic carbocycles. The van der Waals surface area contributed by atoms with Crippen molar-refractivity contribution in [1.82, 2.24) is 0 Å². The third-order valence-corrected chi connectivity index (χ3v) is 3.92. The quantitative estimate of drug-likeness (QED) is 0.584. The Balaban J connectivity index is 1.51. The largest absolute Gasteiger partial charge is 0.457 e. The maximum absolute atomic E-state index is 12.0. The normalized spacial score (nSPS) is 10.1. The van der Waals surface area contributed by atoms with Gasteiger partial charge in [-0.25, -0.2) is 0 Å². The highest BCUT2D eigenvalue weighted by Gasteiger charge is 2.11. The number of carbonyl (C=O) groups excluding carboxylic acids is 2. The highest BCUT2D eigenvalue weighted by atomic mass is 35.5. The van der Waals surface area contributed by atoms with Crippen molar-refractivity contribution in [3.63, 3.8) is 0 Å². The van der Waals surface area contributed by atoms with Gasteiger partial charge in [0.05, 0.1) is 10.7 Å². The van der Waals surface area contributed by atoms with E-state index in [4.69, 9.17) is 16.3 Å². The second-order valence-electron chi connectivity index (χ2n) is 5.69. The first-order chi connectivity index (χ1) is 13.1. The molecule has 0 saturated heterocycles. The van der Waals surface area contributed by atoms with E-state index >= 15 is 0 Å². The second kappa shape index (κ2) is 8.87. The fourth-order valence-corrected chi connectivity index (χ4v) is 2.52. The van der Waals surface area contributed by atoms with Crippen LogP contribution >= 0.6 is 11.6 Å². The molecule has 136 valence electrons. The van der Waals surface area contributed by atoms with Gasteiger partial charge in [-0.15, -0.1) is 0 Å². The molecule has 3 aromatic rings. The second-order valence-corrected chi connectivity index (χ2v) is 6.10. The van der Waals surface area contributed by atoms with Crippen LogP contribution in [0.5, 0.6) is 11.5 Å². The first-order valence-corrected chi connectivity index (χ1v) is 8.65. The number of rotatable bonds is 6. The Labute approximate surface area is 161 Å². The molecular weight excluding hydrogens is 364 g/mol. The zero-order chi connectivity index (χ0) is 19.1. The number of carbonyl (C=O) groups is 2. The highest BCUT2D eigenvalue weighted by molar-refractivity contribution is 6.33. The molecule has 0 bridgehead atoms. The molecule has 0 aliphatic carbocycles. The fourth-order valence-electron chi connectivity index (χ4n) is 2.34. The summed E-state index contributed by atoms with van der Waals surface area (Å²) in [5.41, 5.74) is 1.05. The maximum atomic E-state index is 12.0. The van der Waals surface area contributed by atoms with Gasteiger partial charge in [-0.3, -0.25) is 9.59 Å². The Bertz CT molecular complexity index is 928. The number of hydrogen-bond donors (Lipinski definition) is 2. The topological polar surface area (TPSA) is 67.4 Å². The SMILES string of the molecule is O=C(CC(=O)Nc1ccccc1Cl)Nc1ccc(Oc2ccccc2)cc1. The van der Waals surface area contributed by atoms with Gasteiger partial charge in [-0.05, 0) is 48.5 Å². The van der Waals surface area contributed by atoms with Crippen LogP contribution in [0.1, 0.15) is 6.42 Å². The van der Waals surface area contributed by atoms with Gasteiger partial charge in [0.15, 0.2) is 0 Å². The number of benzene rings is 3. The Morgan fingerprint density at radius 2 is 1.33 bits per heavy atom. The van der Waals surface area contributed by atoms with Gasteiger partial charge < -0.3 is 15.4 Å². The Morgan fingerprint density at radius 1 is 0.741 bits per heavy atom. The molecule has 0 aliphatic rings. The summed E-state index contributed by atoms with van der Waals surface area (Å²) in [5, 5.41) is 5.70. The summed E-state index contributed by atoms with van der Waals surface area (Å²) in [7, 11) is 0. The molecule has 0 spiro atoms. The van der Waals surface area contributed by atoms with Gasteiger partial charge in [0.1, 0.15) is 17.9 Å². The summed E-state index contributed by atoms with van der Waals surface area (Å²) >= 11 is 5.98. The van der Waals surface area contributed by atoms with Crippen molar-refractivity contribution < 1.29 is 14.3 Å². The van der Waals surface area contributed by atoms with Gasteiger partial charge in [0, 0.05) is 5.69 Å². The van der Waals surface area contributed by atoms with E-state index in [1.165, 1.54) is 0 Å². The van der Waals surface area contributed by atoms with E-state index in [9.17, 15) is 9.59 Å². The number of hydrogen-bond acceptors (Lipinski definition) is 3. The minimum Gasteiger partial charge on any atom is -0.457 e. The first kappa shape index (κ1) is 18.5. The van der Waals surface area contributed by atoms with Crippen LogP contribution in [0.4, 0.5) is 11.4 Å². The van der Waals surface area contributed by atoms with Crippen molar-refractivity contribution >= 4 is 34.8 Å².